The molecule has 0 atom stereocenters. The number of aliphatic carboxylic acids is 1. The Kier molecular flexibility index (Phi) is 6.59. The molecule has 0 unspecified atom stereocenters. The quantitative estimate of drug-likeness (QED) is 0.659. The van der Waals surface area contributed by atoms with Gasteiger partial charge in [-0.15, -0.1) is 0 Å². The molecule has 6 nitrogen and oxygen atoms in total. The van der Waals surface area contributed by atoms with Crippen LogP contribution in [0.4, 0.5) is 22.0 Å². The van der Waals surface area contributed by atoms with Gasteiger partial charge in [0.2, 0.25) is 0 Å². The SMILES string of the molecule is CCOC(=O)c1cn[nH]c1C(F)F.O=C(O)C(F)(F)F. The minimum atomic E-state index is -5.08. The number of carboxylic acids is 1. The summed E-state index contributed by atoms with van der Waals surface area (Å²) < 4.78 is 60.6. The van der Waals surface area contributed by atoms with Crippen LogP contribution in [0.3, 0.4) is 0 Å². The summed E-state index contributed by atoms with van der Waals surface area (Å²) >= 11 is 0. The van der Waals surface area contributed by atoms with Crippen molar-refractivity contribution in [2.45, 2.75) is 19.5 Å². The van der Waals surface area contributed by atoms with Crippen molar-refractivity contribution in [2.24, 2.45) is 0 Å². The number of aromatic amines is 1. The van der Waals surface area contributed by atoms with Crippen LogP contribution in [0.1, 0.15) is 29.4 Å². The Morgan fingerprint density at radius 1 is 1.45 bits per heavy atom. The van der Waals surface area contributed by atoms with Crippen LogP contribution in [0.2, 0.25) is 0 Å². The summed E-state index contributed by atoms with van der Waals surface area (Å²) in [6.45, 7) is 1.74. The summed E-state index contributed by atoms with van der Waals surface area (Å²) in [4.78, 5) is 19.9. The second-order valence-corrected chi connectivity index (χ2v) is 3.02. The summed E-state index contributed by atoms with van der Waals surface area (Å²) in [6, 6.07) is 0. The normalized spacial score (nSPS) is 10.8. The maximum Gasteiger partial charge on any atom is 0.490 e. The van der Waals surface area contributed by atoms with E-state index in [0.717, 1.165) is 6.20 Å². The number of halogens is 5. The lowest BCUT2D eigenvalue weighted by atomic mass is 10.2. The molecule has 0 amide bonds. The van der Waals surface area contributed by atoms with Crippen molar-refractivity contribution in [3.63, 3.8) is 0 Å². The van der Waals surface area contributed by atoms with Gasteiger partial charge in [-0.1, -0.05) is 0 Å². The molecule has 2 N–H and O–H groups in total. The molecule has 1 aromatic heterocycles. The fourth-order valence-corrected chi connectivity index (χ4v) is 0.834. The fraction of sp³-hybridized carbons (Fsp3) is 0.444. The number of nitrogens with one attached hydrogen (secondary N) is 1. The molecule has 0 aromatic carbocycles. The number of carboxylic acid groups (broad SMARTS) is 1. The smallest absolute Gasteiger partial charge is 0.475 e. The number of hydrogen-bond donors (Lipinski definition) is 2. The molecular weight excluding hydrogens is 295 g/mol. The van der Waals surface area contributed by atoms with Gasteiger partial charge in [0.05, 0.1) is 12.8 Å². The van der Waals surface area contributed by atoms with Crippen LogP contribution in [0.5, 0.6) is 0 Å². The average molecular weight is 304 g/mol. The number of H-pyrrole nitrogens is 1. The molecule has 0 saturated carbocycles. The molecule has 20 heavy (non-hydrogen) atoms. The number of ether oxygens (including phenoxy) is 1. The first-order valence-corrected chi connectivity index (χ1v) is 4.89. The van der Waals surface area contributed by atoms with Gasteiger partial charge in [0.25, 0.3) is 6.43 Å². The zero-order valence-corrected chi connectivity index (χ0v) is 9.87. The van der Waals surface area contributed by atoms with Crippen LogP contribution in [-0.2, 0) is 9.53 Å². The predicted molar refractivity (Wildman–Crippen MR) is 53.2 cm³/mol. The highest BCUT2D eigenvalue weighted by Crippen LogP contribution is 2.20. The molecule has 0 aliphatic rings. The maximum atomic E-state index is 12.2. The highest BCUT2D eigenvalue weighted by atomic mass is 19.4. The summed E-state index contributed by atoms with van der Waals surface area (Å²) in [5, 5.41) is 12.5. The number of carbonyl (C=O) groups excluding carboxylic acids is 1. The molecular formula is C9H9F5N2O4. The molecule has 0 spiro atoms. The summed E-state index contributed by atoms with van der Waals surface area (Å²) in [5.41, 5.74) is -0.713. The minimum absolute atomic E-state index is 0.146. The lowest BCUT2D eigenvalue weighted by Crippen LogP contribution is -2.21. The molecule has 0 fully saturated rings. The topological polar surface area (TPSA) is 92.3 Å². The standard InChI is InChI=1S/C7H8F2N2O2.C2HF3O2/c1-2-13-7(12)4-3-10-11-5(4)6(8)9;3-2(4,5)1(6)7/h3,6H,2H2,1H3,(H,10,11);(H,6,7). The lowest BCUT2D eigenvalue weighted by molar-refractivity contribution is -0.192. The van der Waals surface area contributed by atoms with Gasteiger partial charge in [0.15, 0.2) is 0 Å². The van der Waals surface area contributed by atoms with Crippen molar-refractivity contribution in [3.8, 4) is 0 Å². The van der Waals surface area contributed by atoms with Crippen molar-refractivity contribution in [1.82, 2.24) is 10.2 Å². The van der Waals surface area contributed by atoms with Gasteiger partial charge in [0.1, 0.15) is 11.3 Å². The van der Waals surface area contributed by atoms with E-state index >= 15 is 0 Å². The molecule has 1 heterocycles. The van der Waals surface area contributed by atoms with E-state index in [4.69, 9.17) is 9.90 Å². The highest BCUT2D eigenvalue weighted by molar-refractivity contribution is 5.90. The molecule has 0 saturated heterocycles. The van der Waals surface area contributed by atoms with Crippen molar-refractivity contribution in [2.75, 3.05) is 6.61 Å². The largest absolute Gasteiger partial charge is 0.490 e. The van der Waals surface area contributed by atoms with Gasteiger partial charge in [-0.3, -0.25) is 5.10 Å². The number of esters is 1. The van der Waals surface area contributed by atoms with Crippen molar-refractivity contribution in [3.05, 3.63) is 17.5 Å². The third-order valence-corrected chi connectivity index (χ3v) is 1.62. The van der Waals surface area contributed by atoms with Gasteiger partial charge in [0, 0.05) is 0 Å². The number of hydrogen-bond acceptors (Lipinski definition) is 4. The molecule has 0 aliphatic heterocycles. The molecule has 0 aliphatic carbocycles. The first-order chi connectivity index (χ1) is 9.11. The van der Waals surface area contributed by atoms with E-state index in [0.29, 0.717) is 0 Å². The Balaban J connectivity index is 0.000000441. The zero-order valence-electron chi connectivity index (χ0n) is 9.87. The molecule has 114 valence electrons. The van der Waals surface area contributed by atoms with Crippen LogP contribution in [-0.4, -0.2) is 40.0 Å². The van der Waals surface area contributed by atoms with Gasteiger partial charge < -0.3 is 9.84 Å². The summed E-state index contributed by atoms with van der Waals surface area (Å²) in [5.74, 6) is -3.54. The Bertz CT molecular complexity index is 457. The van der Waals surface area contributed by atoms with Gasteiger partial charge in [-0.25, -0.2) is 18.4 Å². The van der Waals surface area contributed by atoms with E-state index in [9.17, 15) is 26.7 Å². The van der Waals surface area contributed by atoms with Gasteiger partial charge in [-0.2, -0.15) is 18.3 Å². The van der Waals surface area contributed by atoms with E-state index in [-0.39, 0.29) is 12.2 Å². The first kappa shape index (κ1) is 17.8. The monoisotopic (exact) mass is 304 g/mol. The number of aromatic nitrogens is 2. The van der Waals surface area contributed by atoms with E-state index in [1.807, 2.05) is 5.10 Å². The second kappa shape index (κ2) is 7.40. The highest BCUT2D eigenvalue weighted by Gasteiger charge is 2.38. The minimum Gasteiger partial charge on any atom is -0.475 e. The molecule has 0 bridgehead atoms. The summed E-state index contributed by atoms with van der Waals surface area (Å²) in [7, 11) is 0. The number of carbonyl (C=O) groups is 2. The van der Waals surface area contributed by atoms with E-state index in [2.05, 4.69) is 9.84 Å². The predicted octanol–water partition coefficient (Wildman–Crippen LogP) is 2.16. The molecule has 1 rings (SSSR count). The van der Waals surface area contributed by atoms with E-state index in [1.54, 1.807) is 6.92 Å². The van der Waals surface area contributed by atoms with Crippen molar-refractivity contribution >= 4 is 11.9 Å². The average Bonchev–Trinajstić information content (AvgIpc) is 2.77. The number of nitrogens with zero attached hydrogens (tertiary/aromatic N) is 1. The van der Waals surface area contributed by atoms with Crippen LogP contribution in [0.15, 0.2) is 6.20 Å². The third kappa shape index (κ3) is 5.63. The van der Waals surface area contributed by atoms with E-state index in [1.165, 1.54) is 0 Å². The third-order valence-electron chi connectivity index (χ3n) is 1.62. The molecule has 11 heteroatoms. The van der Waals surface area contributed by atoms with Crippen molar-refractivity contribution in [1.29, 1.82) is 0 Å². The fourth-order valence-electron chi connectivity index (χ4n) is 0.834. The van der Waals surface area contributed by atoms with Gasteiger partial charge >= 0.3 is 18.1 Å². The Morgan fingerprint density at radius 2 is 1.95 bits per heavy atom. The molecule has 0 radical (unpaired) electrons. The van der Waals surface area contributed by atoms with Gasteiger partial charge in [-0.05, 0) is 6.92 Å². The Morgan fingerprint density at radius 3 is 2.30 bits per heavy atom. The van der Waals surface area contributed by atoms with Crippen LogP contribution in [0, 0.1) is 0 Å². The second-order valence-electron chi connectivity index (χ2n) is 3.02. The van der Waals surface area contributed by atoms with Crippen molar-refractivity contribution < 1.29 is 41.4 Å². The number of alkyl halides is 5. The van der Waals surface area contributed by atoms with Crippen LogP contribution in [0.25, 0.3) is 0 Å². The maximum absolute atomic E-state index is 12.2. The summed E-state index contributed by atoms with van der Waals surface area (Å²) in [6.07, 6.45) is -6.80. The van der Waals surface area contributed by atoms with Crippen LogP contribution >= 0.6 is 0 Å². The Labute approximate surface area is 108 Å². The van der Waals surface area contributed by atoms with E-state index < -0.39 is 30.2 Å². The zero-order chi connectivity index (χ0) is 15.9. The number of rotatable bonds is 3. The molecule has 1 aromatic rings. The first-order valence-electron chi connectivity index (χ1n) is 4.89. The Hall–Kier alpha value is -2.20. The lowest BCUT2D eigenvalue weighted by Gasteiger charge is -2.00. The van der Waals surface area contributed by atoms with Crippen LogP contribution < -0.4 is 0 Å².